The van der Waals surface area contributed by atoms with E-state index in [1.54, 1.807) is 36.1 Å². The molecule has 2 aromatic carbocycles. The molecule has 0 aliphatic carbocycles. The van der Waals surface area contributed by atoms with Crippen molar-refractivity contribution < 1.29 is 19.1 Å². The molecule has 0 radical (unpaired) electrons. The fraction of sp³-hybridized carbons (Fsp3) is 0.318. The van der Waals surface area contributed by atoms with Crippen molar-refractivity contribution in [2.45, 2.75) is 39.3 Å². The molecular formula is C22H24N2O4. The van der Waals surface area contributed by atoms with Crippen LogP contribution >= 0.6 is 0 Å². The van der Waals surface area contributed by atoms with E-state index in [0.717, 1.165) is 17.5 Å². The molecular weight excluding hydrogens is 356 g/mol. The van der Waals surface area contributed by atoms with Gasteiger partial charge in [-0.3, -0.25) is 14.4 Å². The molecule has 6 heteroatoms. The molecule has 1 N–H and O–H groups in total. The zero-order chi connectivity index (χ0) is 20.1. The molecule has 0 unspecified atom stereocenters. The van der Waals surface area contributed by atoms with Crippen LogP contribution in [0, 0.1) is 0 Å². The van der Waals surface area contributed by atoms with E-state index in [-0.39, 0.29) is 18.2 Å². The van der Waals surface area contributed by atoms with Gasteiger partial charge in [0, 0.05) is 25.7 Å². The van der Waals surface area contributed by atoms with Crippen LogP contribution in [0.15, 0.2) is 48.5 Å². The second-order valence-corrected chi connectivity index (χ2v) is 6.97. The second-order valence-electron chi connectivity index (χ2n) is 6.97. The molecule has 28 heavy (non-hydrogen) atoms. The molecule has 1 aliphatic heterocycles. The third-order valence-electron chi connectivity index (χ3n) is 4.72. The monoisotopic (exact) mass is 380 g/mol. The number of nitrogens with zero attached hydrogens (tertiary/aromatic N) is 1. The summed E-state index contributed by atoms with van der Waals surface area (Å²) in [4.78, 5) is 37.6. The number of ether oxygens (including phenoxy) is 1. The van der Waals surface area contributed by atoms with Gasteiger partial charge in [-0.2, -0.15) is 0 Å². The minimum absolute atomic E-state index is 0.0702. The number of amides is 2. The minimum Gasteiger partial charge on any atom is -0.452 e. The fourth-order valence-corrected chi connectivity index (χ4v) is 3.31. The number of rotatable bonds is 5. The maximum absolute atomic E-state index is 12.7. The maximum Gasteiger partial charge on any atom is 0.311 e. The van der Waals surface area contributed by atoms with Gasteiger partial charge >= 0.3 is 5.97 Å². The zero-order valence-electron chi connectivity index (χ0n) is 16.1. The lowest BCUT2D eigenvalue weighted by atomic mass is 9.99. The smallest absolute Gasteiger partial charge is 0.311 e. The third kappa shape index (κ3) is 4.97. The second kappa shape index (κ2) is 8.69. The number of hydrogen-bond acceptors (Lipinski definition) is 4. The Balaban J connectivity index is 1.52. The van der Waals surface area contributed by atoms with Crippen LogP contribution in [0.2, 0.25) is 0 Å². The lowest BCUT2D eigenvalue weighted by Gasteiger charge is -2.30. The molecule has 0 saturated heterocycles. The largest absolute Gasteiger partial charge is 0.452 e. The van der Waals surface area contributed by atoms with Crippen molar-refractivity contribution in [3.05, 3.63) is 65.2 Å². The molecule has 6 nitrogen and oxygen atoms in total. The van der Waals surface area contributed by atoms with Crippen molar-refractivity contribution in [1.29, 1.82) is 0 Å². The Morgan fingerprint density at radius 3 is 2.43 bits per heavy atom. The number of anilines is 1. The minimum atomic E-state index is -0.823. The highest BCUT2D eigenvalue weighted by Crippen LogP contribution is 2.19. The van der Waals surface area contributed by atoms with Crippen molar-refractivity contribution in [3.63, 3.8) is 0 Å². The summed E-state index contributed by atoms with van der Waals surface area (Å²) in [6, 6.07) is 15.0. The van der Waals surface area contributed by atoms with Crippen molar-refractivity contribution in [3.8, 4) is 0 Å². The van der Waals surface area contributed by atoms with Crippen LogP contribution in [-0.4, -0.2) is 35.3 Å². The molecule has 0 bridgehead atoms. The number of hydrogen-bond donors (Lipinski definition) is 1. The Bertz CT molecular complexity index is 876. The first-order valence-electron chi connectivity index (χ1n) is 9.34. The van der Waals surface area contributed by atoms with Gasteiger partial charge in [-0.1, -0.05) is 36.4 Å². The van der Waals surface area contributed by atoms with Crippen LogP contribution in [0.4, 0.5) is 5.69 Å². The number of carbonyl (C=O) groups is 3. The van der Waals surface area contributed by atoms with Gasteiger partial charge in [-0.25, -0.2) is 0 Å². The van der Waals surface area contributed by atoms with E-state index in [0.29, 0.717) is 18.8 Å². The van der Waals surface area contributed by atoms with Crippen molar-refractivity contribution in [2.75, 3.05) is 11.9 Å². The highest BCUT2D eigenvalue weighted by atomic mass is 16.5. The molecule has 3 rings (SSSR count). The molecule has 0 fully saturated rings. The van der Waals surface area contributed by atoms with E-state index in [1.807, 2.05) is 18.2 Å². The number of carbonyl (C=O) groups excluding carboxylic acids is 3. The first-order valence-corrected chi connectivity index (χ1v) is 9.34. The number of esters is 1. The molecule has 1 atom stereocenters. The Morgan fingerprint density at radius 2 is 1.75 bits per heavy atom. The zero-order valence-corrected chi connectivity index (χ0v) is 16.1. The topological polar surface area (TPSA) is 75.7 Å². The van der Waals surface area contributed by atoms with Crippen molar-refractivity contribution in [2.24, 2.45) is 0 Å². The normalized spacial score (nSPS) is 14.0. The summed E-state index contributed by atoms with van der Waals surface area (Å²) in [5, 5.41) is 2.67. The number of nitrogens with one attached hydrogen (secondary N) is 1. The Hall–Kier alpha value is -3.15. The van der Waals surface area contributed by atoms with Gasteiger partial charge in [0.2, 0.25) is 5.91 Å². The van der Waals surface area contributed by atoms with Crippen LogP contribution in [0.5, 0.6) is 0 Å². The highest BCUT2D eigenvalue weighted by Gasteiger charge is 2.26. The van der Waals surface area contributed by atoms with Crippen LogP contribution in [0.3, 0.4) is 0 Å². The quantitative estimate of drug-likeness (QED) is 0.810. The Kier molecular flexibility index (Phi) is 6.09. The average molecular weight is 380 g/mol. The summed E-state index contributed by atoms with van der Waals surface area (Å²) in [5.41, 5.74) is 3.82. The molecule has 0 aromatic heterocycles. The Labute approximate surface area is 164 Å². The molecule has 2 aromatic rings. The van der Waals surface area contributed by atoms with Gasteiger partial charge in [0.25, 0.3) is 5.91 Å². The van der Waals surface area contributed by atoms with E-state index >= 15 is 0 Å². The van der Waals surface area contributed by atoms with E-state index in [9.17, 15) is 14.4 Å². The number of fused-ring (bicyclic) bond motifs is 1. The summed E-state index contributed by atoms with van der Waals surface area (Å²) in [6.45, 7) is 4.22. The molecule has 0 spiro atoms. The first kappa shape index (κ1) is 19.6. The average Bonchev–Trinajstić information content (AvgIpc) is 2.68. The number of benzene rings is 2. The lowest BCUT2D eigenvalue weighted by molar-refractivity contribution is -0.159. The van der Waals surface area contributed by atoms with E-state index in [1.165, 1.54) is 12.5 Å². The summed E-state index contributed by atoms with van der Waals surface area (Å²) < 4.78 is 5.35. The SMILES string of the molecule is CC(=O)Nc1ccc(CC(=O)O[C@H](C)C(=O)N2CCc3ccccc3C2)cc1. The molecule has 2 amide bonds. The van der Waals surface area contributed by atoms with Gasteiger partial charge in [0.05, 0.1) is 6.42 Å². The molecule has 1 aliphatic rings. The standard InChI is InChI=1S/C22H24N2O4/c1-15(22(27)24-12-11-18-5-3-4-6-19(18)14-24)28-21(26)13-17-7-9-20(10-8-17)23-16(2)25/h3-10,15H,11-14H2,1-2H3,(H,23,25)/t15-/m1/s1. The van der Waals surface area contributed by atoms with E-state index in [4.69, 9.17) is 4.74 Å². The Morgan fingerprint density at radius 1 is 1.07 bits per heavy atom. The van der Waals surface area contributed by atoms with Crippen molar-refractivity contribution >= 4 is 23.5 Å². The van der Waals surface area contributed by atoms with Gasteiger partial charge in [-0.15, -0.1) is 0 Å². The lowest BCUT2D eigenvalue weighted by Crippen LogP contribution is -2.42. The molecule has 1 heterocycles. The predicted octanol–water partition coefficient (Wildman–Crippen LogP) is 2.70. The first-order chi connectivity index (χ1) is 13.4. The van der Waals surface area contributed by atoms with Crippen LogP contribution in [0.25, 0.3) is 0 Å². The summed E-state index contributed by atoms with van der Waals surface area (Å²) in [6.07, 6.45) is 0.0562. The van der Waals surface area contributed by atoms with E-state index in [2.05, 4.69) is 11.4 Å². The summed E-state index contributed by atoms with van der Waals surface area (Å²) in [7, 11) is 0. The van der Waals surface area contributed by atoms with Crippen LogP contribution in [-0.2, 0) is 38.5 Å². The fourth-order valence-electron chi connectivity index (χ4n) is 3.31. The summed E-state index contributed by atoms with van der Waals surface area (Å²) >= 11 is 0. The van der Waals surface area contributed by atoms with Gasteiger partial charge in [0.1, 0.15) is 0 Å². The van der Waals surface area contributed by atoms with Crippen LogP contribution in [0.1, 0.15) is 30.5 Å². The molecule has 0 saturated carbocycles. The van der Waals surface area contributed by atoms with Gasteiger partial charge in [0.15, 0.2) is 6.10 Å². The highest BCUT2D eigenvalue weighted by molar-refractivity contribution is 5.88. The van der Waals surface area contributed by atoms with Gasteiger partial charge in [-0.05, 0) is 42.2 Å². The third-order valence-corrected chi connectivity index (χ3v) is 4.72. The van der Waals surface area contributed by atoms with Crippen LogP contribution < -0.4 is 5.32 Å². The summed E-state index contributed by atoms with van der Waals surface area (Å²) in [5.74, 6) is -0.783. The van der Waals surface area contributed by atoms with Crippen molar-refractivity contribution in [1.82, 2.24) is 4.90 Å². The maximum atomic E-state index is 12.7. The van der Waals surface area contributed by atoms with E-state index < -0.39 is 12.1 Å². The van der Waals surface area contributed by atoms with Gasteiger partial charge < -0.3 is 15.0 Å². The predicted molar refractivity (Wildman–Crippen MR) is 106 cm³/mol. The molecule has 146 valence electrons.